The summed E-state index contributed by atoms with van der Waals surface area (Å²) in [4.78, 5) is 26.2. The van der Waals surface area contributed by atoms with Crippen molar-refractivity contribution in [2.75, 3.05) is 16.8 Å². The van der Waals surface area contributed by atoms with Crippen LogP contribution in [-0.4, -0.2) is 24.5 Å². The van der Waals surface area contributed by atoms with Gasteiger partial charge >= 0.3 is 0 Å². The van der Waals surface area contributed by atoms with Crippen molar-refractivity contribution < 1.29 is 14.3 Å². The van der Waals surface area contributed by atoms with Crippen LogP contribution in [0.1, 0.15) is 46.1 Å². The molecule has 1 N–H and O–H groups in total. The van der Waals surface area contributed by atoms with Gasteiger partial charge in [0.05, 0.1) is 0 Å². The Kier molecular flexibility index (Phi) is 5.73. The maximum absolute atomic E-state index is 12.5. The number of carbonyl (C=O) groups is 2. The van der Waals surface area contributed by atoms with E-state index in [2.05, 4.69) is 26.1 Å². The van der Waals surface area contributed by atoms with E-state index in [1.54, 1.807) is 11.8 Å². The van der Waals surface area contributed by atoms with Gasteiger partial charge in [-0.05, 0) is 54.7 Å². The lowest BCUT2D eigenvalue weighted by atomic mass is 9.87. The third-order valence-electron chi connectivity index (χ3n) is 4.90. The maximum Gasteiger partial charge on any atom is 0.265 e. The fourth-order valence-corrected chi connectivity index (χ4v) is 3.21. The molecule has 1 atom stereocenters. The van der Waals surface area contributed by atoms with Gasteiger partial charge in [-0.3, -0.25) is 9.59 Å². The number of nitrogens with zero attached hydrogens (tertiary/aromatic N) is 1. The standard InChI is InChI=1S/C23H28N2O3/c1-16(28-20-12-10-17(11-13-20)23(2,3)4)22(27)24-18-7-5-8-19(15-18)25-14-6-9-21(25)26/h5,7-8,10-13,15-16H,6,9,14H2,1-4H3,(H,24,27)/t16-/m1/s1. The molecule has 1 heterocycles. The molecule has 0 unspecified atom stereocenters. The van der Waals surface area contributed by atoms with Gasteiger partial charge in [0.1, 0.15) is 5.75 Å². The fraction of sp³-hybridized carbons (Fsp3) is 0.391. The summed E-state index contributed by atoms with van der Waals surface area (Å²) in [7, 11) is 0. The molecule has 3 rings (SSSR count). The zero-order valence-electron chi connectivity index (χ0n) is 17.0. The van der Waals surface area contributed by atoms with Crippen LogP contribution in [0.15, 0.2) is 48.5 Å². The first kappa shape index (κ1) is 19.9. The topological polar surface area (TPSA) is 58.6 Å². The molecule has 5 heteroatoms. The predicted molar refractivity (Wildman–Crippen MR) is 112 cm³/mol. The first-order chi connectivity index (χ1) is 13.2. The van der Waals surface area contributed by atoms with Crippen LogP contribution in [0.25, 0.3) is 0 Å². The molecule has 0 bridgehead atoms. The Morgan fingerprint density at radius 3 is 2.46 bits per heavy atom. The van der Waals surface area contributed by atoms with E-state index in [9.17, 15) is 9.59 Å². The first-order valence-corrected chi connectivity index (χ1v) is 9.72. The highest BCUT2D eigenvalue weighted by molar-refractivity contribution is 5.97. The summed E-state index contributed by atoms with van der Waals surface area (Å²) < 4.78 is 5.79. The van der Waals surface area contributed by atoms with Crippen LogP contribution in [0, 0.1) is 0 Å². The van der Waals surface area contributed by atoms with E-state index < -0.39 is 6.10 Å². The summed E-state index contributed by atoms with van der Waals surface area (Å²) >= 11 is 0. The van der Waals surface area contributed by atoms with Crippen LogP contribution in [0.2, 0.25) is 0 Å². The number of hydrogen-bond acceptors (Lipinski definition) is 3. The second kappa shape index (κ2) is 8.05. The molecule has 0 radical (unpaired) electrons. The van der Waals surface area contributed by atoms with Crippen molar-refractivity contribution >= 4 is 23.2 Å². The van der Waals surface area contributed by atoms with Gasteiger partial charge in [0, 0.05) is 24.3 Å². The Labute approximate surface area is 166 Å². The number of anilines is 2. The first-order valence-electron chi connectivity index (χ1n) is 9.72. The summed E-state index contributed by atoms with van der Waals surface area (Å²) in [6.45, 7) is 8.91. The molecule has 1 saturated heterocycles. The van der Waals surface area contributed by atoms with Crippen molar-refractivity contribution in [3.8, 4) is 5.75 Å². The molecule has 2 amide bonds. The third-order valence-corrected chi connectivity index (χ3v) is 4.90. The molecular formula is C23H28N2O3. The molecule has 2 aromatic rings. The van der Waals surface area contributed by atoms with E-state index in [0.29, 0.717) is 17.9 Å². The van der Waals surface area contributed by atoms with Crippen LogP contribution in [0.3, 0.4) is 0 Å². The molecule has 148 valence electrons. The third kappa shape index (κ3) is 4.71. The minimum atomic E-state index is -0.641. The van der Waals surface area contributed by atoms with Gasteiger partial charge in [-0.1, -0.05) is 39.0 Å². The summed E-state index contributed by atoms with van der Waals surface area (Å²) in [6.07, 6.45) is 0.807. The number of rotatable bonds is 5. The highest BCUT2D eigenvalue weighted by atomic mass is 16.5. The van der Waals surface area contributed by atoms with E-state index in [0.717, 1.165) is 18.7 Å². The zero-order valence-corrected chi connectivity index (χ0v) is 17.0. The summed E-state index contributed by atoms with van der Waals surface area (Å²) in [5.41, 5.74) is 2.75. The second-order valence-electron chi connectivity index (χ2n) is 8.22. The normalized spacial score (nSPS) is 15.4. The molecule has 1 aliphatic heterocycles. The summed E-state index contributed by atoms with van der Waals surface area (Å²) in [6, 6.07) is 15.2. The Bertz CT molecular complexity index is 853. The molecule has 1 fully saturated rings. The zero-order chi connectivity index (χ0) is 20.3. The Morgan fingerprint density at radius 2 is 1.86 bits per heavy atom. The highest BCUT2D eigenvalue weighted by Crippen LogP contribution is 2.26. The second-order valence-corrected chi connectivity index (χ2v) is 8.22. The average Bonchev–Trinajstić information content (AvgIpc) is 3.07. The minimum absolute atomic E-state index is 0.0727. The smallest absolute Gasteiger partial charge is 0.265 e. The van der Waals surface area contributed by atoms with Gasteiger partial charge in [0.15, 0.2) is 6.10 Å². The molecule has 5 nitrogen and oxygen atoms in total. The molecule has 2 aromatic carbocycles. The number of hydrogen-bond donors (Lipinski definition) is 1. The van der Waals surface area contributed by atoms with E-state index >= 15 is 0 Å². The van der Waals surface area contributed by atoms with Gasteiger partial charge in [0.2, 0.25) is 5.91 Å². The maximum atomic E-state index is 12.5. The van der Waals surface area contributed by atoms with Gasteiger partial charge in [-0.15, -0.1) is 0 Å². The largest absolute Gasteiger partial charge is 0.481 e. The quantitative estimate of drug-likeness (QED) is 0.830. The molecule has 0 saturated carbocycles. The monoisotopic (exact) mass is 380 g/mol. The Hall–Kier alpha value is -2.82. The number of benzene rings is 2. The van der Waals surface area contributed by atoms with Crippen molar-refractivity contribution in [2.45, 2.75) is 52.1 Å². The molecule has 0 aromatic heterocycles. The Morgan fingerprint density at radius 1 is 1.14 bits per heavy atom. The van der Waals surface area contributed by atoms with E-state index in [1.165, 1.54) is 5.56 Å². The van der Waals surface area contributed by atoms with Crippen LogP contribution < -0.4 is 15.0 Å². The SMILES string of the molecule is C[C@@H](Oc1ccc(C(C)(C)C)cc1)C(=O)Nc1cccc(N2CCCC2=O)c1. The Balaban J connectivity index is 1.62. The number of ether oxygens (including phenoxy) is 1. The van der Waals surface area contributed by atoms with Gasteiger partial charge < -0.3 is 15.0 Å². The minimum Gasteiger partial charge on any atom is -0.481 e. The molecule has 0 aliphatic carbocycles. The predicted octanol–water partition coefficient (Wildman–Crippen LogP) is 4.52. The highest BCUT2D eigenvalue weighted by Gasteiger charge is 2.22. The number of amides is 2. The van der Waals surface area contributed by atoms with Crippen molar-refractivity contribution in [2.24, 2.45) is 0 Å². The fourth-order valence-electron chi connectivity index (χ4n) is 3.21. The molecule has 0 spiro atoms. The van der Waals surface area contributed by atoms with E-state index in [4.69, 9.17) is 4.74 Å². The lowest BCUT2D eigenvalue weighted by Crippen LogP contribution is -2.30. The van der Waals surface area contributed by atoms with Crippen LogP contribution in [0.4, 0.5) is 11.4 Å². The lowest BCUT2D eigenvalue weighted by molar-refractivity contribution is -0.122. The number of carbonyl (C=O) groups excluding carboxylic acids is 2. The molecule has 1 aliphatic rings. The van der Waals surface area contributed by atoms with Crippen LogP contribution >= 0.6 is 0 Å². The van der Waals surface area contributed by atoms with Crippen LogP contribution in [0.5, 0.6) is 5.75 Å². The summed E-state index contributed by atoms with van der Waals surface area (Å²) in [5, 5.41) is 2.87. The van der Waals surface area contributed by atoms with Gasteiger partial charge in [0.25, 0.3) is 5.91 Å². The average molecular weight is 380 g/mol. The number of nitrogens with one attached hydrogen (secondary N) is 1. The van der Waals surface area contributed by atoms with Crippen molar-refractivity contribution in [1.82, 2.24) is 0 Å². The van der Waals surface area contributed by atoms with Gasteiger partial charge in [-0.25, -0.2) is 0 Å². The van der Waals surface area contributed by atoms with E-state index in [-0.39, 0.29) is 17.2 Å². The van der Waals surface area contributed by atoms with Crippen molar-refractivity contribution in [1.29, 1.82) is 0 Å². The van der Waals surface area contributed by atoms with Gasteiger partial charge in [-0.2, -0.15) is 0 Å². The van der Waals surface area contributed by atoms with E-state index in [1.807, 2.05) is 48.5 Å². The molecular weight excluding hydrogens is 352 g/mol. The molecule has 28 heavy (non-hydrogen) atoms. The summed E-state index contributed by atoms with van der Waals surface area (Å²) in [5.74, 6) is 0.552. The van der Waals surface area contributed by atoms with Crippen molar-refractivity contribution in [3.05, 3.63) is 54.1 Å². The van der Waals surface area contributed by atoms with Crippen LogP contribution in [-0.2, 0) is 15.0 Å². The van der Waals surface area contributed by atoms with Crippen molar-refractivity contribution in [3.63, 3.8) is 0 Å². The lowest BCUT2D eigenvalue weighted by Gasteiger charge is -2.20.